The number of halogens is 1. The van der Waals surface area contributed by atoms with E-state index in [-0.39, 0.29) is 0 Å². The second kappa shape index (κ2) is 7.64. The Morgan fingerprint density at radius 3 is 2.62 bits per heavy atom. The predicted molar refractivity (Wildman–Crippen MR) is 74.8 cm³/mol. The first kappa shape index (κ1) is 13.5. The predicted octanol–water partition coefficient (Wildman–Crippen LogP) is 4.42. The van der Waals surface area contributed by atoms with Gasteiger partial charge in [0, 0.05) is 17.1 Å². The lowest BCUT2D eigenvalue weighted by atomic mass is 10.0. The van der Waals surface area contributed by atoms with Gasteiger partial charge in [-0.2, -0.15) is 0 Å². The topological polar surface area (TPSA) is 12.0 Å². The monoisotopic (exact) mass is 281 g/mol. The van der Waals surface area contributed by atoms with E-state index in [1.807, 2.05) is 0 Å². The van der Waals surface area contributed by atoms with Crippen LogP contribution in [-0.2, 0) is 0 Å². The first-order valence-electron chi connectivity index (χ1n) is 5.85. The Morgan fingerprint density at radius 2 is 2.06 bits per heavy atom. The van der Waals surface area contributed by atoms with Crippen LogP contribution in [0.5, 0.6) is 0 Å². The van der Waals surface area contributed by atoms with Crippen LogP contribution < -0.4 is 5.32 Å². The van der Waals surface area contributed by atoms with Crippen LogP contribution in [0.15, 0.2) is 41.4 Å². The highest BCUT2D eigenvalue weighted by molar-refractivity contribution is 9.11. The summed E-state index contributed by atoms with van der Waals surface area (Å²) < 4.78 is 1.00. The third-order valence-electron chi connectivity index (χ3n) is 2.59. The van der Waals surface area contributed by atoms with Crippen molar-refractivity contribution < 1.29 is 0 Å². The molecule has 1 unspecified atom stereocenters. The molecule has 2 heteroatoms. The Morgan fingerprint density at radius 1 is 1.38 bits per heavy atom. The Hall–Kier alpha value is -0.600. The van der Waals surface area contributed by atoms with Crippen LogP contribution in [0.4, 0.5) is 0 Å². The molecular formula is C14H20BrN. The van der Waals surface area contributed by atoms with E-state index in [0.717, 1.165) is 11.0 Å². The molecule has 0 bridgehead atoms. The zero-order valence-electron chi connectivity index (χ0n) is 9.88. The molecule has 0 spiro atoms. The molecule has 1 aromatic carbocycles. The van der Waals surface area contributed by atoms with Gasteiger partial charge in [0.25, 0.3) is 0 Å². The highest BCUT2D eigenvalue weighted by Crippen LogP contribution is 2.19. The number of nitrogens with one attached hydrogen (secondary N) is 1. The quantitative estimate of drug-likeness (QED) is 0.780. The van der Waals surface area contributed by atoms with Crippen LogP contribution in [-0.4, -0.2) is 6.54 Å². The maximum Gasteiger partial charge on any atom is 0.0323 e. The van der Waals surface area contributed by atoms with Crippen LogP contribution in [0.1, 0.15) is 37.8 Å². The fraction of sp³-hybridized carbons (Fsp3) is 0.429. The summed E-state index contributed by atoms with van der Waals surface area (Å²) in [6.07, 6.45) is 3.67. The van der Waals surface area contributed by atoms with Crippen LogP contribution in [0, 0.1) is 0 Å². The van der Waals surface area contributed by atoms with E-state index in [1.165, 1.54) is 24.8 Å². The van der Waals surface area contributed by atoms with E-state index >= 15 is 0 Å². The summed E-state index contributed by atoms with van der Waals surface area (Å²) in [5.74, 6) is 0. The molecule has 0 fully saturated rings. The average molecular weight is 282 g/mol. The third-order valence-corrected chi connectivity index (χ3v) is 2.87. The third kappa shape index (κ3) is 4.95. The molecule has 0 aromatic heterocycles. The molecule has 0 saturated carbocycles. The van der Waals surface area contributed by atoms with Gasteiger partial charge < -0.3 is 5.32 Å². The van der Waals surface area contributed by atoms with Crippen molar-refractivity contribution in [3.63, 3.8) is 0 Å². The Balaban J connectivity index is 2.59. The molecule has 1 nitrogen and oxygen atoms in total. The van der Waals surface area contributed by atoms with Crippen molar-refractivity contribution >= 4 is 15.9 Å². The summed E-state index contributed by atoms with van der Waals surface area (Å²) in [7, 11) is 0. The summed E-state index contributed by atoms with van der Waals surface area (Å²) >= 11 is 3.39. The lowest BCUT2D eigenvalue weighted by molar-refractivity contribution is 0.504. The minimum atomic E-state index is 0.440. The minimum absolute atomic E-state index is 0.440. The van der Waals surface area contributed by atoms with Gasteiger partial charge in [-0.3, -0.25) is 0 Å². The molecule has 1 atom stereocenters. The summed E-state index contributed by atoms with van der Waals surface area (Å²) in [5.41, 5.74) is 1.37. The molecule has 1 rings (SSSR count). The van der Waals surface area contributed by atoms with Gasteiger partial charge in [0.2, 0.25) is 0 Å². The van der Waals surface area contributed by atoms with E-state index < -0.39 is 0 Å². The molecular weight excluding hydrogens is 262 g/mol. The lowest BCUT2D eigenvalue weighted by Gasteiger charge is -2.18. The summed E-state index contributed by atoms with van der Waals surface area (Å²) in [6, 6.07) is 11.1. The van der Waals surface area contributed by atoms with E-state index in [9.17, 15) is 0 Å². The Bertz CT molecular complexity index is 308. The fourth-order valence-corrected chi connectivity index (χ4v) is 1.88. The first-order valence-corrected chi connectivity index (χ1v) is 6.65. The zero-order valence-corrected chi connectivity index (χ0v) is 11.5. The largest absolute Gasteiger partial charge is 0.305 e. The van der Waals surface area contributed by atoms with Gasteiger partial charge in [-0.1, -0.05) is 72.6 Å². The molecule has 88 valence electrons. The Labute approximate surface area is 107 Å². The smallest absolute Gasteiger partial charge is 0.0323 e. The van der Waals surface area contributed by atoms with Gasteiger partial charge in [0.15, 0.2) is 0 Å². The molecule has 0 aliphatic rings. The highest BCUT2D eigenvalue weighted by atomic mass is 79.9. The highest BCUT2D eigenvalue weighted by Gasteiger charge is 2.09. The van der Waals surface area contributed by atoms with Crippen molar-refractivity contribution in [3.05, 3.63) is 47.0 Å². The molecule has 1 aromatic rings. The van der Waals surface area contributed by atoms with Crippen molar-refractivity contribution in [2.75, 3.05) is 6.54 Å². The molecule has 0 amide bonds. The number of hydrogen-bond donors (Lipinski definition) is 1. The number of unbranched alkanes of at least 4 members (excludes halogenated alkanes) is 1. The molecule has 0 radical (unpaired) electrons. The first-order chi connectivity index (χ1) is 7.74. The molecule has 1 N–H and O–H groups in total. The maximum atomic E-state index is 3.86. The second-order valence-electron chi connectivity index (χ2n) is 4.00. The SMILES string of the molecule is C=C(Br)CNC(CCCC)c1ccccc1. The van der Waals surface area contributed by atoms with E-state index in [4.69, 9.17) is 0 Å². The number of rotatable bonds is 7. The molecule has 0 aliphatic heterocycles. The van der Waals surface area contributed by atoms with Gasteiger partial charge in [0.05, 0.1) is 0 Å². The molecule has 0 heterocycles. The Kier molecular flexibility index (Phi) is 6.43. The van der Waals surface area contributed by atoms with E-state index in [2.05, 4.69) is 65.1 Å². The van der Waals surface area contributed by atoms with Crippen molar-refractivity contribution in [3.8, 4) is 0 Å². The van der Waals surface area contributed by atoms with Gasteiger partial charge in [-0.15, -0.1) is 0 Å². The molecule has 0 aliphatic carbocycles. The van der Waals surface area contributed by atoms with Crippen molar-refractivity contribution in [2.24, 2.45) is 0 Å². The molecule has 0 saturated heterocycles. The number of hydrogen-bond acceptors (Lipinski definition) is 1. The van der Waals surface area contributed by atoms with Crippen LogP contribution >= 0.6 is 15.9 Å². The number of benzene rings is 1. The standard InChI is InChI=1S/C14H20BrN/c1-3-4-10-14(16-11-12(2)15)13-8-6-5-7-9-13/h5-9,14,16H,2-4,10-11H2,1H3. The van der Waals surface area contributed by atoms with Gasteiger partial charge in [-0.25, -0.2) is 0 Å². The fourth-order valence-electron chi connectivity index (χ4n) is 1.71. The summed E-state index contributed by atoms with van der Waals surface area (Å²) in [5, 5.41) is 3.52. The van der Waals surface area contributed by atoms with Gasteiger partial charge >= 0.3 is 0 Å². The van der Waals surface area contributed by atoms with Crippen LogP contribution in [0.3, 0.4) is 0 Å². The van der Waals surface area contributed by atoms with E-state index in [0.29, 0.717) is 6.04 Å². The van der Waals surface area contributed by atoms with Crippen molar-refractivity contribution in [2.45, 2.75) is 32.2 Å². The maximum absolute atomic E-state index is 3.86. The van der Waals surface area contributed by atoms with Crippen LogP contribution in [0.25, 0.3) is 0 Å². The summed E-state index contributed by atoms with van der Waals surface area (Å²) in [4.78, 5) is 0. The molecule has 16 heavy (non-hydrogen) atoms. The zero-order chi connectivity index (χ0) is 11.8. The normalized spacial score (nSPS) is 12.4. The van der Waals surface area contributed by atoms with Crippen molar-refractivity contribution in [1.82, 2.24) is 5.32 Å². The van der Waals surface area contributed by atoms with E-state index in [1.54, 1.807) is 0 Å². The van der Waals surface area contributed by atoms with Gasteiger partial charge in [-0.05, 0) is 12.0 Å². The second-order valence-corrected chi connectivity index (χ2v) is 5.13. The minimum Gasteiger partial charge on any atom is -0.305 e. The summed E-state index contributed by atoms with van der Waals surface area (Å²) in [6.45, 7) is 6.91. The van der Waals surface area contributed by atoms with Gasteiger partial charge in [0.1, 0.15) is 0 Å². The van der Waals surface area contributed by atoms with Crippen LogP contribution in [0.2, 0.25) is 0 Å². The van der Waals surface area contributed by atoms with Crippen molar-refractivity contribution in [1.29, 1.82) is 0 Å². The average Bonchev–Trinajstić information content (AvgIpc) is 2.30. The lowest BCUT2D eigenvalue weighted by Crippen LogP contribution is -2.22.